The number of Topliss-reactive ketones (excluding diaryl/α,β-unsaturated/α-hetero) is 1. The number of rotatable bonds is 6. The Kier molecular flexibility index (Phi) is 7.88. The van der Waals surface area contributed by atoms with Crippen molar-refractivity contribution in [3.05, 3.63) is 98.6 Å². The third-order valence-electron chi connectivity index (χ3n) is 7.60. The van der Waals surface area contributed by atoms with E-state index < -0.39 is 52.3 Å². The van der Waals surface area contributed by atoms with Crippen LogP contribution in [0, 0.1) is 49.6 Å². The molecule has 4 atom stereocenters. The van der Waals surface area contributed by atoms with Gasteiger partial charge in [-0.15, -0.1) is 0 Å². The summed E-state index contributed by atoms with van der Waals surface area (Å²) in [6.07, 6.45) is -0.410. The van der Waals surface area contributed by atoms with E-state index in [0.29, 0.717) is 16.9 Å². The first kappa shape index (κ1) is 28.6. The van der Waals surface area contributed by atoms with E-state index in [1.165, 1.54) is 31.2 Å². The molecule has 1 saturated carbocycles. The van der Waals surface area contributed by atoms with Gasteiger partial charge in [-0.2, -0.15) is 0 Å². The molecular weight excluding hydrogens is 510 g/mol. The highest BCUT2D eigenvalue weighted by Gasteiger charge is 2.56. The number of carbonyl (C=O) groups is 3. The summed E-state index contributed by atoms with van der Waals surface area (Å²) in [6.45, 7) is 8.95. The van der Waals surface area contributed by atoms with Gasteiger partial charge in [-0.1, -0.05) is 47.5 Å². The van der Waals surface area contributed by atoms with Gasteiger partial charge >= 0.3 is 0 Å². The quantitative estimate of drug-likeness (QED) is 0.223. The minimum Gasteiger partial charge on any atom is -0.389 e. The second-order valence-electron chi connectivity index (χ2n) is 10.9. The van der Waals surface area contributed by atoms with E-state index in [4.69, 9.17) is 0 Å². The van der Waals surface area contributed by atoms with Gasteiger partial charge in [0.05, 0.1) is 16.4 Å². The smallest absolute Gasteiger partial charge is 0.269 e. The maximum atomic E-state index is 13.9. The Morgan fingerprint density at radius 2 is 1.38 bits per heavy atom. The van der Waals surface area contributed by atoms with Gasteiger partial charge in [0.15, 0.2) is 0 Å². The van der Waals surface area contributed by atoms with Crippen molar-refractivity contribution in [2.45, 2.75) is 52.6 Å². The molecule has 0 aromatic heterocycles. The highest BCUT2D eigenvalue weighted by Crippen LogP contribution is 2.47. The van der Waals surface area contributed by atoms with Crippen LogP contribution in [0.5, 0.6) is 0 Å². The number of anilines is 2. The number of ketones is 1. The largest absolute Gasteiger partial charge is 0.389 e. The maximum absolute atomic E-state index is 13.9. The molecule has 208 valence electrons. The van der Waals surface area contributed by atoms with Crippen LogP contribution in [0.4, 0.5) is 17.1 Å². The van der Waals surface area contributed by atoms with Crippen molar-refractivity contribution in [1.82, 2.24) is 0 Å². The maximum Gasteiger partial charge on any atom is 0.269 e. The summed E-state index contributed by atoms with van der Waals surface area (Å²) in [4.78, 5) is 51.9. The Balaban J connectivity index is 1.80. The number of aliphatic hydroxyl groups is 1. The van der Waals surface area contributed by atoms with Gasteiger partial charge < -0.3 is 15.7 Å². The van der Waals surface area contributed by atoms with Gasteiger partial charge in [-0.05, 0) is 63.4 Å². The number of non-ortho nitro benzene ring substituents is 1. The molecule has 1 fully saturated rings. The molecule has 2 amide bonds. The van der Waals surface area contributed by atoms with E-state index in [1.807, 2.05) is 52.0 Å². The van der Waals surface area contributed by atoms with Crippen LogP contribution >= 0.6 is 0 Å². The van der Waals surface area contributed by atoms with Gasteiger partial charge in [-0.3, -0.25) is 24.5 Å². The van der Waals surface area contributed by atoms with Crippen LogP contribution in [0.3, 0.4) is 0 Å². The first-order chi connectivity index (χ1) is 18.8. The molecular formula is C31H33N3O6. The van der Waals surface area contributed by atoms with E-state index in [1.54, 1.807) is 12.1 Å². The lowest BCUT2D eigenvalue weighted by Crippen LogP contribution is -2.56. The fourth-order valence-corrected chi connectivity index (χ4v) is 5.64. The van der Waals surface area contributed by atoms with Crippen LogP contribution in [0.1, 0.15) is 47.1 Å². The van der Waals surface area contributed by atoms with Crippen LogP contribution in [0.15, 0.2) is 60.7 Å². The summed E-state index contributed by atoms with van der Waals surface area (Å²) in [5, 5.41) is 28.5. The summed E-state index contributed by atoms with van der Waals surface area (Å²) in [6, 6.07) is 16.4. The highest BCUT2D eigenvalue weighted by atomic mass is 16.6. The fourth-order valence-electron chi connectivity index (χ4n) is 5.64. The summed E-state index contributed by atoms with van der Waals surface area (Å²) < 4.78 is 0. The summed E-state index contributed by atoms with van der Waals surface area (Å²) in [5.41, 5.74) is 3.11. The Morgan fingerprint density at radius 3 is 1.85 bits per heavy atom. The van der Waals surface area contributed by atoms with Crippen LogP contribution in [0.2, 0.25) is 0 Å². The van der Waals surface area contributed by atoms with Gasteiger partial charge in [0.2, 0.25) is 11.8 Å². The third-order valence-corrected chi connectivity index (χ3v) is 7.60. The summed E-state index contributed by atoms with van der Waals surface area (Å²) >= 11 is 0. The minimum absolute atomic E-state index is 0.176. The fraction of sp³-hybridized carbons (Fsp3) is 0.323. The Bertz CT molecular complexity index is 1500. The first-order valence-corrected chi connectivity index (χ1v) is 13.0. The molecule has 40 heavy (non-hydrogen) atoms. The SMILES string of the molecule is Cc1ccc(NC(=O)[C@H]2C(=O)C[C@](C)(O)[C@@H](C(=O)Nc3ccc(C)cc3C)[C@@H]2c2ccc([N+](=O)[O-])cc2)c(C)c1. The highest BCUT2D eigenvalue weighted by molar-refractivity contribution is 6.10. The normalized spacial score (nSPS) is 22.4. The molecule has 0 aliphatic heterocycles. The number of carbonyl (C=O) groups excluding carboxylic acids is 3. The topological polar surface area (TPSA) is 139 Å². The van der Waals surface area contributed by atoms with Crippen molar-refractivity contribution in [3.8, 4) is 0 Å². The van der Waals surface area contributed by atoms with Crippen molar-refractivity contribution in [3.63, 3.8) is 0 Å². The average Bonchev–Trinajstić information content (AvgIpc) is 2.86. The standard InChI is InChI=1S/C31H33N3O6/c1-17-6-12-23(19(3)14-17)32-29(36)27-25(35)16-31(5,38)28(26(27)21-8-10-22(11-9-21)34(39)40)30(37)33-24-13-7-18(2)15-20(24)4/h6-15,26-28,38H,16H2,1-5H3,(H,32,36)(H,33,37)/t26-,27+,28-,31+/m1/s1. The number of nitro benzene ring substituents is 1. The molecule has 0 heterocycles. The van der Waals surface area contributed by atoms with Gasteiger partial charge in [0.25, 0.3) is 5.69 Å². The molecule has 0 radical (unpaired) electrons. The van der Waals surface area contributed by atoms with E-state index in [-0.39, 0.29) is 5.69 Å². The number of hydrogen-bond acceptors (Lipinski definition) is 6. The molecule has 4 rings (SSSR count). The predicted octanol–water partition coefficient (Wildman–Crippen LogP) is 5.15. The second kappa shape index (κ2) is 11.0. The molecule has 9 heteroatoms. The molecule has 1 aliphatic carbocycles. The average molecular weight is 544 g/mol. The van der Waals surface area contributed by atoms with Crippen LogP contribution in [0.25, 0.3) is 0 Å². The van der Waals surface area contributed by atoms with Crippen LogP contribution in [-0.2, 0) is 14.4 Å². The molecule has 1 aliphatic rings. The van der Waals surface area contributed by atoms with Crippen molar-refractivity contribution in [2.24, 2.45) is 11.8 Å². The molecule has 0 unspecified atom stereocenters. The van der Waals surface area contributed by atoms with Crippen molar-refractivity contribution >= 4 is 34.7 Å². The first-order valence-electron chi connectivity index (χ1n) is 13.0. The molecule has 0 spiro atoms. The van der Waals surface area contributed by atoms with E-state index in [2.05, 4.69) is 10.6 Å². The van der Waals surface area contributed by atoms with Crippen molar-refractivity contribution in [2.75, 3.05) is 10.6 Å². The predicted molar refractivity (Wildman–Crippen MR) is 152 cm³/mol. The Morgan fingerprint density at radius 1 is 0.875 bits per heavy atom. The number of nitrogens with zero attached hydrogens (tertiary/aromatic N) is 1. The Labute approximate surface area is 232 Å². The summed E-state index contributed by atoms with van der Waals surface area (Å²) in [5.74, 6) is -5.32. The lowest BCUT2D eigenvalue weighted by atomic mass is 9.61. The second-order valence-corrected chi connectivity index (χ2v) is 10.9. The molecule has 0 saturated heterocycles. The number of nitro groups is 1. The van der Waals surface area contributed by atoms with Crippen LogP contribution in [-0.4, -0.2) is 33.2 Å². The molecule has 3 aromatic rings. The zero-order chi connectivity index (χ0) is 29.4. The Hall–Kier alpha value is -4.37. The van der Waals surface area contributed by atoms with Gasteiger partial charge in [-0.25, -0.2) is 0 Å². The number of benzene rings is 3. The monoisotopic (exact) mass is 543 g/mol. The lowest BCUT2D eigenvalue weighted by molar-refractivity contribution is -0.384. The lowest BCUT2D eigenvalue weighted by Gasteiger charge is -2.44. The van der Waals surface area contributed by atoms with Crippen molar-refractivity contribution in [1.29, 1.82) is 0 Å². The van der Waals surface area contributed by atoms with E-state index in [0.717, 1.165) is 22.3 Å². The molecule has 9 nitrogen and oxygen atoms in total. The van der Waals surface area contributed by atoms with Crippen molar-refractivity contribution < 1.29 is 24.4 Å². The molecule has 3 aromatic carbocycles. The molecule has 3 N–H and O–H groups in total. The van der Waals surface area contributed by atoms with Crippen LogP contribution < -0.4 is 10.6 Å². The molecule has 0 bridgehead atoms. The third kappa shape index (κ3) is 5.79. The van der Waals surface area contributed by atoms with Gasteiger partial charge in [0, 0.05) is 35.8 Å². The van der Waals surface area contributed by atoms with E-state index >= 15 is 0 Å². The minimum atomic E-state index is -1.79. The number of aryl methyl sites for hydroxylation is 4. The number of hydrogen-bond donors (Lipinski definition) is 3. The summed E-state index contributed by atoms with van der Waals surface area (Å²) in [7, 11) is 0. The van der Waals surface area contributed by atoms with Gasteiger partial charge in [0.1, 0.15) is 11.7 Å². The number of nitrogens with one attached hydrogen (secondary N) is 2. The number of amides is 2. The zero-order valence-electron chi connectivity index (χ0n) is 23.1. The van der Waals surface area contributed by atoms with E-state index in [9.17, 15) is 29.6 Å². The zero-order valence-corrected chi connectivity index (χ0v) is 23.1.